The van der Waals surface area contributed by atoms with Crippen LogP contribution in [0.5, 0.6) is 11.5 Å². The molecule has 2 atom stereocenters. The number of hydrogen-bond donors (Lipinski definition) is 2. The second-order valence-electron chi connectivity index (χ2n) is 7.64. The third-order valence-electron chi connectivity index (χ3n) is 4.16. The Morgan fingerprint density at radius 2 is 1.97 bits per heavy atom. The van der Waals surface area contributed by atoms with Crippen LogP contribution in [0, 0.1) is 0 Å². The highest BCUT2D eigenvalue weighted by Crippen LogP contribution is 2.30. The molecule has 0 aliphatic rings. The van der Waals surface area contributed by atoms with Crippen LogP contribution in [0.25, 0.3) is 0 Å². The minimum atomic E-state index is -3.07. The Morgan fingerprint density at radius 1 is 1.28 bits per heavy atom. The first kappa shape index (κ1) is 25.5. The first-order valence-electron chi connectivity index (χ1n) is 9.42. The Bertz CT molecular complexity index is 964. The van der Waals surface area contributed by atoms with E-state index in [-0.39, 0.29) is 34.7 Å². The number of carbonyl (C=O) groups is 1. The summed E-state index contributed by atoms with van der Waals surface area (Å²) in [6.45, 7) is 2.04. The first-order valence-corrected chi connectivity index (χ1v) is 10.5. The molecule has 0 fully saturated rings. The van der Waals surface area contributed by atoms with Crippen molar-refractivity contribution in [3.05, 3.63) is 53.3 Å². The zero-order valence-corrected chi connectivity index (χ0v) is 18.7. The van der Waals surface area contributed by atoms with Crippen LogP contribution in [0.4, 0.5) is 8.78 Å². The summed E-state index contributed by atoms with van der Waals surface area (Å²) in [7, 11) is 1.23. The molecular formula is C21H24F2N2O6S. The highest BCUT2D eigenvalue weighted by molar-refractivity contribution is 7.91. The number of aliphatic hydroxyl groups is 1. The number of benzene rings is 1. The molecule has 174 valence electrons. The molecule has 0 aliphatic heterocycles. The molecule has 0 bridgehead atoms. The fourth-order valence-corrected chi connectivity index (χ4v) is 3.14. The van der Waals surface area contributed by atoms with Crippen molar-refractivity contribution in [1.82, 2.24) is 4.98 Å². The lowest BCUT2D eigenvalue weighted by atomic mass is 10.0. The molecule has 0 saturated heterocycles. The largest absolute Gasteiger partial charge is 0.591 e. The zero-order valence-electron chi connectivity index (χ0n) is 17.9. The van der Waals surface area contributed by atoms with Gasteiger partial charge in [0.2, 0.25) is 0 Å². The number of hydrogen-bond acceptors (Lipinski definition) is 8. The number of alkyl halides is 2. The maximum absolute atomic E-state index is 12.6. The van der Waals surface area contributed by atoms with Crippen molar-refractivity contribution in [2.75, 3.05) is 7.11 Å². The first-order chi connectivity index (χ1) is 14.9. The summed E-state index contributed by atoms with van der Waals surface area (Å²) >= 11 is -1.74. The molecule has 1 unspecified atom stereocenters. The van der Waals surface area contributed by atoms with E-state index in [2.05, 4.69) is 18.9 Å². The fourth-order valence-electron chi connectivity index (χ4n) is 2.49. The van der Waals surface area contributed by atoms with Crippen LogP contribution in [-0.4, -0.2) is 49.9 Å². The van der Waals surface area contributed by atoms with Crippen LogP contribution in [0.3, 0.4) is 0 Å². The van der Waals surface area contributed by atoms with Crippen LogP contribution in [0.15, 0.2) is 40.9 Å². The molecule has 0 aliphatic carbocycles. The number of aromatic hydroxyl groups is 1. The van der Waals surface area contributed by atoms with E-state index in [0.717, 1.165) is 6.07 Å². The lowest BCUT2D eigenvalue weighted by molar-refractivity contribution is -0.0499. The summed E-state index contributed by atoms with van der Waals surface area (Å²) in [5, 5.41) is 21.0. The normalized spacial score (nSPS) is 14.2. The van der Waals surface area contributed by atoms with Crippen molar-refractivity contribution in [2.24, 2.45) is 4.40 Å². The van der Waals surface area contributed by atoms with Gasteiger partial charge in [0.15, 0.2) is 0 Å². The SMILES string of the molecule is COC(=O)c1ccc([C@@H](O)CC(=N[S+]([O-])C(C)(C)C)c2ccc(OC(F)F)cc2O)nc1. The van der Waals surface area contributed by atoms with E-state index in [0.29, 0.717) is 0 Å². The molecule has 0 saturated carbocycles. The van der Waals surface area contributed by atoms with Crippen LogP contribution in [-0.2, 0) is 16.1 Å². The molecule has 0 amide bonds. The van der Waals surface area contributed by atoms with Gasteiger partial charge in [-0.15, -0.1) is 0 Å². The number of halogens is 2. The maximum Gasteiger partial charge on any atom is 0.387 e. The third kappa shape index (κ3) is 6.87. The predicted molar refractivity (Wildman–Crippen MR) is 114 cm³/mol. The van der Waals surface area contributed by atoms with E-state index in [1.54, 1.807) is 20.8 Å². The van der Waals surface area contributed by atoms with Crippen molar-refractivity contribution < 1.29 is 37.8 Å². The van der Waals surface area contributed by atoms with Gasteiger partial charge in [-0.3, -0.25) is 4.98 Å². The predicted octanol–water partition coefficient (Wildman–Crippen LogP) is 3.55. The van der Waals surface area contributed by atoms with Gasteiger partial charge in [-0.2, -0.15) is 8.78 Å². The fraction of sp³-hybridized carbons (Fsp3) is 0.381. The maximum atomic E-state index is 12.6. The third-order valence-corrected chi connectivity index (χ3v) is 5.59. The van der Waals surface area contributed by atoms with Crippen molar-refractivity contribution >= 4 is 23.0 Å². The Morgan fingerprint density at radius 3 is 2.47 bits per heavy atom. The van der Waals surface area contributed by atoms with E-state index < -0.39 is 40.5 Å². The molecule has 2 rings (SSSR count). The summed E-state index contributed by atoms with van der Waals surface area (Å²) in [5.74, 6) is -1.29. The lowest BCUT2D eigenvalue weighted by Gasteiger charge is -2.20. The number of aliphatic hydroxyl groups excluding tert-OH is 1. The molecule has 0 radical (unpaired) electrons. The molecular weight excluding hydrogens is 446 g/mol. The van der Waals surface area contributed by atoms with Crippen LogP contribution < -0.4 is 4.74 Å². The molecule has 2 N–H and O–H groups in total. The number of carbonyl (C=O) groups excluding carboxylic acids is 1. The molecule has 8 nitrogen and oxygen atoms in total. The number of methoxy groups -OCH3 is 1. The zero-order chi connectivity index (χ0) is 24.1. The molecule has 0 spiro atoms. The van der Waals surface area contributed by atoms with Crippen LogP contribution >= 0.6 is 0 Å². The quantitative estimate of drug-likeness (QED) is 0.343. The molecule has 2 aromatic rings. The van der Waals surface area contributed by atoms with Crippen LogP contribution in [0.1, 0.15) is 54.9 Å². The number of ether oxygens (including phenoxy) is 2. The summed E-state index contributed by atoms with van der Waals surface area (Å²) in [6, 6.07) is 6.32. The minimum absolute atomic E-state index is 0.0747. The Kier molecular flexibility index (Phi) is 8.53. The number of pyridine rings is 1. The van der Waals surface area contributed by atoms with Gasteiger partial charge in [-0.25, -0.2) is 4.79 Å². The van der Waals surface area contributed by atoms with Crippen molar-refractivity contribution in [3.63, 3.8) is 0 Å². The molecule has 1 aromatic heterocycles. The number of phenolic OH excluding ortho intramolecular Hbond substituents is 1. The lowest BCUT2D eigenvalue weighted by Crippen LogP contribution is -2.27. The topological polar surface area (TPSA) is 124 Å². The molecule has 1 heterocycles. The standard InChI is InChI=1S/C21H24F2N2O6S/c1-21(2,3)32(29)25-16(14-7-6-13(9-17(14)26)31-20(22)23)10-18(27)15-8-5-12(11-24-15)19(28)30-4/h5-9,11,18,20,26-27H,10H2,1-4H3/t18-,32?/m0/s1. The van der Waals surface area contributed by atoms with Gasteiger partial charge in [0.25, 0.3) is 0 Å². The highest BCUT2D eigenvalue weighted by Gasteiger charge is 2.29. The van der Waals surface area contributed by atoms with Crippen molar-refractivity contribution in [1.29, 1.82) is 0 Å². The summed E-state index contributed by atoms with van der Waals surface area (Å²) in [5.41, 5.74) is 0.558. The van der Waals surface area contributed by atoms with E-state index in [4.69, 9.17) is 0 Å². The number of nitrogens with zero attached hydrogens (tertiary/aromatic N) is 2. The highest BCUT2D eigenvalue weighted by atomic mass is 32.2. The summed E-state index contributed by atoms with van der Waals surface area (Å²) < 4.78 is 49.8. The average Bonchev–Trinajstić information content (AvgIpc) is 2.71. The smallest absolute Gasteiger partial charge is 0.387 e. The van der Waals surface area contributed by atoms with Crippen LogP contribution in [0.2, 0.25) is 0 Å². The van der Waals surface area contributed by atoms with E-state index in [1.165, 1.54) is 37.6 Å². The summed E-state index contributed by atoms with van der Waals surface area (Å²) in [6.07, 6.45) is -0.189. The minimum Gasteiger partial charge on any atom is -0.591 e. The summed E-state index contributed by atoms with van der Waals surface area (Å²) in [4.78, 5) is 15.6. The van der Waals surface area contributed by atoms with Crippen molar-refractivity contribution in [3.8, 4) is 11.5 Å². The molecule has 11 heteroatoms. The Hall–Kier alpha value is -2.76. The molecule has 32 heavy (non-hydrogen) atoms. The number of rotatable bonds is 8. The second kappa shape index (κ2) is 10.7. The Labute approximate surface area is 187 Å². The molecule has 1 aromatic carbocycles. The average molecular weight is 470 g/mol. The van der Waals surface area contributed by atoms with E-state index in [1.807, 2.05) is 0 Å². The Balaban J connectivity index is 2.38. The van der Waals surface area contributed by atoms with Gasteiger partial charge in [0.05, 0.1) is 18.4 Å². The van der Waals surface area contributed by atoms with Gasteiger partial charge < -0.3 is 24.2 Å². The second-order valence-corrected chi connectivity index (χ2v) is 9.55. The monoisotopic (exact) mass is 470 g/mol. The van der Waals surface area contributed by atoms with Gasteiger partial charge in [0.1, 0.15) is 39.4 Å². The van der Waals surface area contributed by atoms with E-state index >= 15 is 0 Å². The van der Waals surface area contributed by atoms with Gasteiger partial charge in [-0.1, -0.05) is 4.40 Å². The number of aromatic nitrogens is 1. The van der Waals surface area contributed by atoms with Gasteiger partial charge in [0, 0.05) is 24.2 Å². The number of esters is 1. The van der Waals surface area contributed by atoms with Crippen molar-refractivity contribution in [2.45, 2.75) is 44.7 Å². The number of phenols is 1. The van der Waals surface area contributed by atoms with E-state index in [9.17, 15) is 28.3 Å². The van der Waals surface area contributed by atoms with Gasteiger partial charge >= 0.3 is 12.6 Å². The van der Waals surface area contributed by atoms with Gasteiger partial charge in [-0.05, 0) is 45.0 Å².